The van der Waals surface area contributed by atoms with Gasteiger partial charge in [0.25, 0.3) is 0 Å². The standard InChI is InChI=1S/C16H25NO2/c1-6-12-17(15(18)19-16(3,4)5)13(2)14-10-8-7-9-11-14/h7-11,13H,6,12H2,1-5H3/t13-/m1/s1. The second-order valence-electron chi connectivity index (χ2n) is 5.76. The highest BCUT2D eigenvalue weighted by Crippen LogP contribution is 2.22. The van der Waals surface area contributed by atoms with E-state index in [1.807, 2.05) is 58.0 Å². The first-order chi connectivity index (χ1) is 8.85. The Labute approximate surface area is 116 Å². The molecule has 1 atom stereocenters. The number of carbonyl (C=O) groups is 1. The van der Waals surface area contributed by atoms with E-state index in [0.717, 1.165) is 12.0 Å². The van der Waals surface area contributed by atoms with Gasteiger partial charge in [0, 0.05) is 6.54 Å². The smallest absolute Gasteiger partial charge is 0.410 e. The van der Waals surface area contributed by atoms with Crippen molar-refractivity contribution in [2.45, 2.75) is 52.7 Å². The average molecular weight is 263 g/mol. The van der Waals surface area contributed by atoms with Crippen LogP contribution in [-0.2, 0) is 4.74 Å². The van der Waals surface area contributed by atoms with Crippen molar-refractivity contribution < 1.29 is 9.53 Å². The van der Waals surface area contributed by atoms with Crippen LogP contribution in [0.5, 0.6) is 0 Å². The molecule has 0 fully saturated rings. The van der Waals surface area contributed by atoms with Crippen LogP contribution in [0.2, 0.25) is 0 Å². The molecule has 1 aromatic rings. The van der Waals surface area contributed by atoms with Crippen molar-refractivity contribution >= 4 is 6.09 Å². The lowest BCUT2D eigenvalue weighted by Gasteiger charge is -2.31. The summed E-state index contributed by atoms with van der Waals surface area (Å²) in [6.07, 6.45) is 0.668. The minimum absolute atomic E-state index is 0.0241. The van der Waals surface area contributed by atoms with Crippen LogP contribution < -0.4 is 0 Å². The highest BCUT2D eigenvalue weighted by molar-refractivity contribution is 5.68. The Bertz CT molecular complexity index is 395. The molecule has 106 valence electrons. The van der Waals surface area contributed by atoms with Crippen LogP contribution in [0.15, 0.2) is 30.3 Å². The Morgan fingerprint density at radius 3 is 2.32 bits per heavy atom. The molecule has 0 saturated carbocycles. The highest BCUT2D eigenvalue weighted by atomic mass is 16.6. The van der Waals surface area contributed by atoms with Crippen LogP contribution in [-0.4, -0.2) is 23.1 Å². The summed E-state index contributed by atoms with van der Waals surface area (Å²) in [4.78, 5) is 14.1. The van der Waals surface area contributed by atoms with Crippen LogP contribution in [0.1, 0.15) is 52.6 Å². The quantitative estimate of drug-likeness (QED) is 0.806. The summed E-state index contributed by atoms with van der Waals surface area (Å²) >= 11 is 0. The second kappa shape index (κ2) is 6.60. The minimum atomic E-state index is -0.459. The molecule has 0 saturated heterocycles. The summed E-state index contributed by atoms with van der Waals surface area (Å²) < 4.78 is 5.48. The number of hydrogen-bond acceptors (Lipinski definition) is 2. The summed E-state index contributed by atoms with van der Waals surface area (Å²) in [5.74, 6) is 0. The van der Waals surface area contributed by atoms with Gasteiger partial charge < -0.3 is 9.64 Å². The molecule has 0 spiro atoms. The SMILES string of the molecule is CCCN(C(=O)OC(C)(C)C)[C@H](C)c1ccccc1. The van der Waals surface area contributed by atoms with Crippen molar-refractivity contribution in [2.75, 3.05) is 6.54 Å². The maximum atomic E-state index is 12.3. The molecule has 0 bridgehead atoms. The van der Waals surface area contributed by atoms with Gasteiger partial charge >= 0.3 is 6.09 Å². The maximum absolute atomic E-state index is 12.3. The van der Waals surface area contributed by atoms with Crippen molar-refractivity contribution in [2.24, 2.45) is 0 Å². The van der Waals surface area contributed by atoms with Gasteiger partial charge in [-0.05, 0) is 39.7 Å². The third kappa shape index (κ3) is 4.93. The number of benzene rings is 1. The molecule has 0 N–H and O–H groups in total. The van der Waals surface area contributed by atoms with Crippen LogP contribution >= 0.6 is 0 Å². The lowest BCUT2D eigenvalue weighted by atomic mass is 10.1. The van der Waals surface area contributed by atoms with Crippen LogP contribution in [0.4, 0.5) is 4.79 Å². The number of rotatable bonds is 4. The van der Waals surface area contributed by atoms with Crippen LogP contribution in [0.3, 0.4) is 0 Å². The molecular weight excluding hydrogens is 238 g/mol. The summed E-state index contributed by atoms with van der Waals surface area (Å²) in [7, 11) is 0. The summed E-state index contributed by atoms with van der Waals surface area (Å²) in [5.41, 5.74) is 0.668. The number of hydrogen-bond donors (Lipinski definition) is 0. The van der Waals surface area contributed by atoms with Crippen molar-refractivity contribution in [3.8, 4) is 0 Å². The van der Waals surface area contributed by atoms with Crippen molar-refractivity contribution in [1.29, 1.82) is 0 Å². The first-order valence-corrected chi connectivity index (χ1v) is 6.89. The van der Waals surface area contributed by atoms with Gasteiger partial charge in [0.05, 0.1) is 6.04 Å². The van der Waals surface area contributed by atoms with Crippen molar-refractivity contribution in [3.05, 3.63) is 35.9 Å². The Kier molecular flexibility index (Phi) is 5.40. The molecule has 0 aliphatic heterocycles. The summed E-state index contributed by atoms with van der Waals surface area (Å²) in [5, 5.41) is 0. The van der Waals surface area contributed by atoms with Gasteiger partial charge in [-0.2, -0.15) is 0 Å². The number of carbonyl (C=O) groups excluding carboxylic acids is 1. The van der Waals surface area contributed by atoms with Crippen molar-refractivity contribution in [3.63, 3.8) is 0 Å². The number of nitrogens with zero attached hydrogens (tertiary/aromatic N) is 1. The topological polar surface area (TPSA) is 29.5 Å². The van der Waals surface area contributed by atoms with Gasteiger partial charge in [0.2, 0.25) is 0 Å². The zero-order chi connectivity index (χ0) is 14.5. The fraction of sp³-hybridized carbons (Fsp3) is 0.562. The average Bonchev–Trinajstić information content (AvgIpc) is 2.34. The molecule has 0 heterocycles. The molecule has 0 aliphatic rings. The Balaban J connectivity index is 2.85. The van der Waals surface area contributed by atoms with E-state index in [1.165, 1.54) is 0 Å². The fourth-order valence-corrected chi connectivity index (χ4v) is 1.92. The molecule has 3 heteroatoms. The normalized spacial score (nSPS) is 12.9. The predicted molar refractivity (Wildman–Crippen MR) is 78.1 cm³/mol. The lowest BCUT2D eigenvalue weighted by molar-refractivity contribution is 0.0173. The molecule has 0 unspecified atom stereocenters. The Hall–Kier alpha value is -1.51. The van der Waals surface area contributed by atoms with Gasteiger partial charge in [-0.1, -0.05) is 37.3 Å². The highest BCUT2D eigenvalue weighted by Gasteiger charge is 2.25. The number of amides is 1. The summed E-state index contributed by atoms with van der Waals surface area (Å²) in [6, 6.07) is 10.1. The Morgan fingerprint density at radius 2 is 1.84 bits per heavy atom. The largest absolute Gasteiger partial charge is 0.444 e. The second-order valence-corrected chi connectivity index (χ2v) is 5.76. The summed E-state index contributed by atoms with van der Waals surface area (Å²) in [6.45, 7) is 10.5. The van der Waals surface area contributed by atoms with Crippen molar-refractivity contribution in [1.82, 2.24) is 4.90 Å². The molecule has 0 radical (unpaired) electrons. The van der Waals surface area contributed by atoms with Crippen LogP contribution in [0.25, 0.3) is 0 Å². The van der Waals surface area contributed by atoms with Gasteiger partial charge in [-0.25, -0.2) is 4.79 Å². The maximum Gasteiger partial charge on any atom is 0.410 e. The molecule has 3 nitrogen and oxygen atoms in total. The van der Waals surface area contributed by atoms with E-state index in [-0.39, 0.29) is 12.1 Å². The van der Waals surface area contributed by atoms with Gasteiger partial charge in [-0.15, -0.1) is 0 Å². The molecule has 19 heavy (non-hydrogen) atoms. The van der Waals surface area contributed by atoms with Crippen LogP contribution in [0, 0.1) is 0 Å². The first-order valence-electron chi connectivity index (χ1n) is 6.89. The monoisotopic (exact) mass is 263 g/mol. The van der Waals surface area contributed by atoms with E-state index in [2.05, 4.69) is 6.92 Å². The molecule has 1 amide bonds. The third-order valence-corrected chi connectivity index (χ3v) is 2.84. The van der Waals surface area contributed by atoms with E-state index >= 15 is 0 Å². The van der Waals surface area contributed by atoms with Gasteiger partial charge in [-0.3, -0.25) is 0 Å². The fourth-order valence-electron chi connectivity index (χ4n) is 1.92. The van der Waals surface area contributed by atoms with E-state index in [4.69, 9.17) is 4.74 Å². The Morgan fingerprint density at radius 1 is 1.26 bits per heavy atom. The zero-order valence-electron chi connectivity index (χ0n) is 12.6. The van der Waals surface area contributed by atoms with E-state index < -0.39 is 5.60 Å². The molecular formula is C16H25NO2. The number of ether oxygens (including phenoxy) is 1. The molecule has 1 rings (SSSR count). The molecule has 0 aliphatic carbocycles. The van der Waals surface area contributed by atoms with Gasteiger partial charge in [0.1, 0.15) is 5.60 Å². The van der Waals surface area contributed by atoms with E-state index in [0.29, 0.717) is 6.54 Å². The van der Waals surface area contributed by atoms with E-state index in [1.54, 1.807) is 4.90 Å². The van der Waals surface area contributed by atoms with Gasteiger partial charge in [0.15, 0.2) is 0 Å². The van der Waals surface area contributed by atoms with E-state index in [9.17, 15) is 4.79 Å². The third-order valence-electron chi connectivity index (χ3n) is 2.84. The predicted octanol–water partition coefficient (Wildman–Crippen LogP) is 4.39. The molecule has 0 aromatic heterocycles. The first kappa shape index (κ1) is 15.5. The minimum Gasteiger partial charge on any atom is -0.444 e. The lowest BCUT2D eigenvalue weighted by Crippen LogP contribution is -2.38. The molecule has 1 aromatic carbocycles. The zero-order valence-corrected chi connectivity index (χ0v) is 12.6.